The lowest BCUT2D eigenvalue weighted by Gasteiger charge is -2.20. The summed E-state index contributed by atoms with van der Waals surface area (Å²) in [6, 6.07) is 10.2. The van der Waals surface area contributed by atoms with Gasteiger partial charge in [0.25, 0.3) is 0 Å². The van der Waals surface area contributed by atoms with Gasteiger partial charge < -0.3 is 5.73 Å². The van der Waals surface area contributed by atoms with Crippen LogP contribution in [0.1, 0.15) is 22.6 Å². The number of halogens is 1. The molecule has 1 aromatic heterocycles. The van der Waals surface area contributed by atoms with E-state index >= 15 is 0 Å². The van der Waals surface area contributed by atoms with Gasteiger partial charge in [-0.1, -0.05) is 23.7 Å². The molecule has 0 aliphatic rings. The van der Waals surface area contributed by atoms with E-state index in [9.17, 15) is 0 Å². The molecule has 2 unspecified atom stereocenters. The molecule has 1 nitrogen and oxygen atoms in total. The molecule has 0 aliphatic carbocycles. The highest BCUT2D eigenvalue weighted by Crippen LogP contribution is 2.43. The first kappa shape index (κ1) is 13.9. The predicted molar refractivity (Wildman–Crippen MR) is 82.8 cm³/mol. The van der Waals surface area contributed by atoms with Crippen LogP contribution in [0.2, 0.25) is 5.02 Å². The molecule has 0 saturated carbocycles. The summed E-state index contributed by atoms with van der Waals surface area (Å²) in [6.45, 7) is 4.18. The Labute approximate surface area is 121 Å². The van der Waals surface area contributed by atoms with Gasteiger partial charge in [-0.3, -0.25) is 0 Å². The summed E-state index contributed by atoms with van der Waals surface area (Å²) in [5.74, 6) is 0. The van der Waals surface area contributed by atoms with E-state index in [1.165, 1.54) is 10.4 Å². The van der Waals surface area contributed by atoms with Crippen LogP contribution >= 0.6 is 34.7 Å². The Balaban J connectivity index is 2.28. The minimum atomic E-state index is 0.0867. The molecule has 0 saturated heterocycles. The second kappa shape index (κ2) is 6.11. The van der Waals surface area contributed by atoms with Gasteiger partial charge in [-0.15, -0.1) is 23.1 Å². The van der Waals surface area contributed by atoms with Gasteiger partial charge in [0.2, 0.25) is 0 Å². The van der Waals surface area contributed by atoms with Crippen LogP contribution in [0.15, 0.2) is 40.6 Å². The highest BCUT2D eigenvalue weighted by molar-refractivity contribution is 7.99. The maximum Gasteiger partial charge on any atom is 0.0589 e. The smallest absolute Gasteiger partial charge is 0.0589 e. The summed E-state index contributed by atoms with van der Waals surface area (Å²) < 4.78 is 0. The number of nitrogens with two attached hydrogens (primary N) is 1. The maximum absolute atomic E-state index is 6.22. The molecule has 0 aliphatic heterocycles. The Bertz CT molecular complexity index is 522. The zero-order valence-electron chi connectivity index (χ0n) is 10.4. The first-order valence-corrected chi connectivity index (χ1v) is 7.94. The third-order valence-electron chi connectivity index (χ3n) is 2.73. The first-order valence-electron chi connectivity index (χ1n) is 5.80. The molecule has 2 atom stereocenters. The van der Waals surface area contributed by atoms with E-state index < -0.39 is 0 Å². The molecule has 2 N–H and O–H groups in total. The van der Waals surface area contributed by atoms with Crippen LogP contribution in [-0.2, 0) is 0 Å². The minimum absolute atomic E-state index is 0.0867. The zero-order chi connectivity index (χ0) is 13.1. The number of hydrogen-bond donors (Lipinski definition) is 1. The standard InChI is InChI=1S/C14H16ClNS2/c1-9-7-8-17-13(9)14(10(2)16)18-12-6-4-3-5-11(12)15/h3-8,10,14H,16H2,1-2H3. The fourth-order valence-electron chi connectivity index (χ4n) is 1.75. The summed E-state index contributed by atoms with van der Waals surface area (Å²) in [6.07, 6.45) is 0. The quantitative estimate of drug-likeness (QED) is 0.813. The van der Waals surface area contributed by atoms with Crippen molar-refractivity contribution >= 4 is 34.7 Å². The van der Waals surface area contributed by atoms with Gasteiger partial charge in [0, 0.05) is 15.8 Å². The van der Waals surface area contributed by atoms with Gasteiger partial charge in [-0.05, 0) is 43.0 Å². The number of aryl methyl sites for hydroxylation is 1. The van der Waals surface area contributed by atoms with Gasteiger partial charge in [0.15, 0.2) is 0 Å². The van der Waals surface area contributed by atoms with Gasteiger partial charge in [-0.25, -0.2) is 0 Å². The number of thiophene rings is 1. The Morgan fingerprint density at radius 1 is 1.28 bits per heavy atom. The Hall–Kier alpha value is -0.480. The van der Waals surface area contributed by atoms with Crippen LogP contribution in [-0.4, -0.2) is 6.04 Å². The van der Waals surface area contributed by atoms with Crippen LogP contribution in [0.25, 0.3) is 0 Å². The van der Waals surface area contributed by atoms with Crippen LogP contribution in [0, 0.1) is 6.92 Å². The molecule has 2 rings (SSSR count). The third kappa shape index (κ3) is 3.09. The van der Waals surface area contributed by atoms with Crippen molar-refractivity contribution in [3.05, 3.63) is 51.2 Å². The summed E-state index contributed by atoms with van der Waals surface area (Å²) in [4.78, 5) is 2.43. The van der Waals surface area contributed by atoms with Crippen molar-refractivity contribution in [1.29, 1.82) is 0 Å². The summed E-state index contributed by atoms with van der Waals surface area (Å²) in [5.41, 5.74) is 7.44. The van der Waals surface area contributed by atoms with E-state index in [4.69, 9.17) is 17.3 Å². The van der Waals surface area contributed by atoms with E-state index in [1.54, 1.807) is 23.1 Å². The Morgan fingerprint density at radius 3 is 2.56 bits per heavy atom. The third-order valence-corrected chi connectivity index (χ3v) is 5.95. The summed E-state index contributed by atoms with van der Waals surface area (Å²) in [5, 5.41) is 3.17. The molecule has 0 fully saturated rings. The van der Waals surface area contributed by atoms with Crippen LogP contribution in [0.5, 0.6) is 0 Å². The number of benzene rings is 1. The van der Waals surface area contributed by atoms with Crippen molar-refractivity contribution in [2.75, 3.05) is 0 Å². The van der Waals surface area contributed by atoms with Gasteiger partial charge in [0.05, 0.1) is 10.3 Å². The molecule has 0 bridgehead atoms. The lowest BCUT2D eigenvalue weighted by Crippen LogP contribution is -2.22. The van der Waals surface area contributed by atoms with Crippen molar-refractivity contribution in [1.82, 2.24) is 0 Å². The molecule has 1 heterocycles. The van der Waals surface area contributed by atoms with Crippen molar-refractivity contribution in [2.45, 2.75) is 30.0 Å². The molecular formula is C14H16ClNS2. The van der Waals surface area contributed by atoms with Gasteiger partial charge in [-0.2, -0.15) is 0 Å². The van der Waals surface area contributed by atoms with E-state index in [0.29, 0.717) is 0 Å². The maximum atomic E-state index is 6.22. The molecule has 0 spiro atoms. The number of thioether (sulfide) groups is 1. The molecular weight excluding hydrogens is 282 g/mol. The second-order valence-corrected chi connectivity index (χ2v) is 6.83. The first-order chi connectivity index (χ1) is 8.59. The van der Waals surface area contributed by atoms with E-state index in [1.807, 2.05) is 31.2 Å². The van der Waals surface area contributed by atoms with E-state index in [2.05, 4.69) is 18.4 Å². The van der Waals surface area contributed by atoms with Crippen LogP contribution in [0.4, 0.5) is 0 Å². The monoisotopic (exact) mass is 297 g/mol. The van der Waals surface area contributed by atoms with Gasteiger partial charge >= 0.3 is 0 Å². The van der Waals surface area contributed by atoms with Gasteiger partial charge in [0.1, 0.15) is 0 Å². The SMILES string of the molecule is Cc1ccsc1C(Sc1ccccc1Cl)C(C)N. The average Bonchev–Trinajstić information content (AvgIpc) is 2.74. The topological polar surface area (TPSA) is 26.0 Å². The molecule has 0 amide bonds. The lowest BCUT2D eigenvalue weighted by molar-refractivity contribution is 0.727. The number of hydrogen-bond acceptors (Lipinski definition) is 3. The highest BCUT2D eigenvalue weighted by atomic mass is 35.5. The fourth-order valence-corrected chi connectivity index (χ4v) is 4.47. The van der Waals surface area contributed by atoms with Crippen LogP contribution < -0.4 is 5.73 Å². The summed E-state index contributed by atoms with van der Waals surface area (Å²) in [7, 11) is 0. The highest BCUT2D eigenvalue weighted by Gasteiger charge is 2.21. The molecule has 4 heteroatoms. The minimum Gasteiger partial charge on any atom is -0.327 e. The zero-order valence-corrected chi connectivity index (χ0v) is 12.8. The molecule has 1 aromatic carbocycles. The average molecular weight is 298 g/mol. The Morgan fingerprint density at radius 2 is 2.00 bits per heavy atom. The van der Waals surface area contributed by atoms with Crippen molar-refractivity contribution in [3.8, 4) is 0 Å². The number of rotatable bonds is 4. The summed E-state index contributed by atoms with van der Waals surface area (Å²) >= 11 is 9.73. The van der Waals surface area contributed by atoms with Crippen molar-refractivity contribution in [3.63, 3.8) is 0 Å². The molecule has 2 aromatic rings. The largest absolute Gasteiger partial charge is 0.327 e. The second-order valence-electron chi connectivity index (χ2n) is 4.30. The van der Waals surface area contributed by atoms with Crippen molar-refractivity contribution in [2.24, 2.45) is 5.73 Å². The lowest BCUT2D eigenvalue weighted by atomic mass is 10.1. The molecule has 96 valence electrons. The van der Waals surface area contributed by atoms with E-state index in [-0.39, 0.29) is 11.3 Å². The normalized spacial score (nSPS) is 14.4. The molecule has 0 radical (unpaired) electrons. The molecule has 18 heavy (non-hydrogen) atoms. The van der Waals surface area contributed by atoms with Crippen molar-refractivity contribution < 1.29 is 0 Å². The predicted octanol–water partition coefficient (Wildman–Crippen LogP) is 4.89. The Kier molecular flexibility index (Phi) is 4.73. The van der Waals surface area contributed by atoms with Crippen LogP contribution in [0.3, 0.4) is 0 Å². The fraction of sp³-hybridized carbons (Fsp3) is 0.286. The van der Waals surface area contributed by atoms with E-state index in [0.717, 1.165) is 9.92 Å².